The molecule has 2 saturated heterocycles. The van der Waals surface area contributed by atoms with Gasteiger partial charge >= 0.3 is 6.72 Å². The van der Waals surface area contributed by atoms with Crippen molar-refractivity contribution >= 4 is 64.3 Å². The van der Waals surface area contributed by atoms with Crippen molar-refractivity contribution in [2.45, 2.75) is 35.1 Å². The Hall–Kier alpha value is -2.81. The lowest BCUT2D eigenvalue weighted by Gasteiger charge is -2.35. The van der Waals surface area contributed by atoms with Crippen LogP contribution in [0.25, 0.3) is 22.3 Å². The van der Waals surface area contributed by atoms with Crippen molar-refractivity contribution in [2.24, 2.45) is 0 Å². The first-order chi connectivity index (χ1) is 19.9. The molecule has 7 atom stereocenters. The molecule has 0 spiro atoms. The molecule has 0 aromatic carbocycles. The first-order valence-corrected chi connectivity index (χ1v) is 15.9. The molecule has 4 aromatic rings. The molecule has 16 nitrogen and oxygen atoms in total. The van der Waals surface area contributed by atoms with Crippen LogP contribution in [0.4, 0.5) is 20.4 Å². The van der Waals surface area contributed by atoms with Crippen molar-refractivity contribution in [1.82, 2.24) is 34.1 Å². The van der Waals surface area contributed by atoms with E-state index in [9.17, 15) is 19.9 Å². The van der Waals surface area contributed by atoms with E-state index < -0.39 is 67.2 Å². The van der Waals surface area contributed by atoms with E-state index in [2.05, 4.69) is 24.9 Å². The molecule has 2 aliphatic rings. The predicted molar refractivity (Wildman–Crippen MR) is 149 cm³/mol. The maximum absolute atomic E-state index is 16.1. The second kappa shape index (κ2) is 10.4. The van der Waals surface area contributed by atoms with Crippen LogP contribution in [0.2, 0.25) is 0 Å². The number of nitrogens with two attached hydrogens (primary N) is 2. The SMILES string of the molecule is Nc1nc2c(ncn2[C@]2(OP(O)(=S)OC[C@H]3OC[C@](F)(n4cnc5c(N)ccnc54)[C@@H]3O)CS[C@H](CO)[C@@H]2F)c(=O)[nH]1. The molecule has 6 rings (SSSR count). The van der Waals surface area contributed by atoms with Gasteiger partial charge in [0.15, 0.2) is 28.7 Å². The summed E-state index contributed by atoms with van der Waals surface area (Å²) in [4.78, 5) is 41.8. The number of hydrogen-bond acceptors (Lipinski definition) is 14. The Labute approximate surface area is 243 Å². The van der Waals surface area contributed by atoms with Gasteiger partial charge in [-0.1, -0.05) is 0 Å². The average Bonchev–Trinajstić information content (AvgIpc) is 3.70. The Morgan fingerprint density at radius 3 is 2.74 bits per heavy atom. The summed E-state index contributed by atoms with van der Waals surface area (Å²) in [6, 6.07) is 1.49. The molecular weight excluding hydrogens is 623 g/mol. The van der Waals surface area contributed by atoms with E-state index in [0.29, 0.717) is 0 Å². The summed E-state index contributed by atoms with van der Waals surface area (Å²) in [5.41, 5.74) is 8.94. The summed E-state index contributed by atoms with van der Waals surface area (Å²) in [5.74, 6) is -3.02. The van der Waals surface area contributed by atoms with Crippen LogP contribution in [-0.2, 0) is 37.1 Å². The Morgan fingerprint density at radius 1 is 1.26 bits per heavy atom. The van der Waals surface area contributed by atoms with Crippen molar-refractivity contribution < 1.29 is 37.7 Å². The van der Waals surface area contributed by atoms with Gasteiger partial charge in [0, 0.05) is 11.9 Å². The number of aromatic amines is 1. The number of alkyl halides is 2. The lowest BCUT2D eigenvalue weighted by Crippen LogP contribution is -2.46. The third-order valence-corrected chi connectivity index (χ3v) is 10.1. The zero-order valence-electron chi connectivity index (χ0n) is 21.3. The lowest BCUT2D eigenvalue weighted by molar-refractivity contribution is -0.0717. The van der Waals surface area contributed by atoms with Gasteiger partial charge in [-0.05, 0) is 17.9 Å². The lowest BCUT2D eigenvalue weighted by atomic mass is 10.1. The number of nitrogens with one attached hydrogen (secondary N) is 1. The summed E-state index contributed by atoms with van der Waals surface area (Å²) in [6.07, 6.45) is -1.61. The number of rotatable bonds is 8. The first kappa shape index (κ1) is 29.3. The monoisotopic (exact) mass is 647 g/mol. The second-order valence-corrected chi connectivity index (χ2v) is 13.7. The number of hydrogen-bond donors (Lipinski definition) is 6. The van der Waals surface area contributed by atoms with Gasteiger partial charge in [-0.2, -0.15) is 4.98 Å². The quantitative estimate of drug-likeness (QED) is 0.132. The highest BCUT2D eigenvalue weighted by Gasteiger charge is 2.57. The number of aromatic nitrogens is 7. The van der Waals surface area contributed by atoms with Crippen molar-refractivity contribution in [3.8, 4) is 0 Å². The molecule has 0 amide bonds. The van der Waals surface area contributed by atoms with Crippen LogP contribution in [0.5, 0.6) is 0 Å². The van der Waals surface area contributed by atoms with Crippen LogP contribution in [0.1, 0.15) is 0 Å². The molecule has 6 heterocycles. The molecule has 4 aromatic heterocycles. The number of halogens is 2. The number of anilines is 2. The number of nitrogens with zero attached hydrogens (tertiary/aromatic N) is 6. The van der Waals surface area contributed by atoms with E-state index in [-0.39, 0.29) is 39.7 Å². The summed E-state index contributed by atoms with van der Waals surface area (Å²) in [5, 5.41) is 19.6. The highest BCUT2D eigenvalue weighted by molar-refractivity contribution is 8.07. The largest absolute Gasteiger partial charge is 0.397 e. The number of pyridine rings is 1. The molecule has 8 N–H and O–H groups in total. The molecule has 42 heavy (non-hydrogen) atoms. The Morgan fingerprint density at radius 2 is 2.00 bits per heavy atom. The molecule has 0 aliphatic carbocycles. The Kier molecular flexibility index (Phi) is 7.26. The number of aliphatic hydroxyl groups is 2. The minimum Gasteiger partial charge on any atom is -0.397 e. The van der Waals surface area contributed by atoms with E-state index in [0.717, 1.165) is 33.6 Å². The standard InChI is InChI=1S/C21H24F2N9O7PS2/c22-14-11(3-33)42-6-21(14,32-8-28-13-17(32)29-19(25)30-18(13)35)39-40(36,41)38-4-10-15(34)20(23,5-37-10)31-7-27-12-9(24)1-2-26-16(12)31/h1-2,7-8,10-11,14-15,33-34H,3-6H2,(H2,24,26)(H,36,41)(H3,25,29,30,35)/t10-,11-,14+,15-,20+,21+,40?/m1/s1. The maximum Gasteiger partial charge on any atom is 0.326 e. The van der Waals surface area contributed by atoms with Gasteiger partial charge < -0.3 is 35.8 Å². The van der Waals surface area contributed by atoms with E-state index in [1.54, 1.807) is 0 Å². The van der Waals surface area contributed by atoms with Gasteiger partial charge in [-0.3, -0.25) is 23.4 Å². The van der Waals surface area contributed by atoms with Crippen LogP contribution in [0.3, 0.4) is 0 Å². The second-order valence-electron chi connectivity index (χ2n) is 9.67. The van der Waals surface area contributed by atoms with Gasteiger partial charge in [-0.15, -0.1) is 11.8 Å². The van der Waals surface area contributed by atoms with Crippen molar-refractivity contribution in [1.29, 1.82) is 0 Å². The molecule has 21 heteroatoms. The number of thioether (sulfide) groups is 1. The van der Waals surface area contributed by atoms with Crippen molar-refractivity contribution in [2.75, 3.05) is 37.0 Å². The van der Waals surface area contributed by atoms with Crippen LogP contribution >= 0.6 is 18.5 Å². The fraction of sp³-hybridized carbons (Fsp3) is 0.476. The zero-order valence-corrected chi connectivity index (χ0v) is 23.8. The Balaban J connectivity index is 1.25. The Bertz CT molecular complexity index is 1780. The zero-order chi connectivity index (χ0) is 30.0. The minimum atomic E-state index is -4.41. The normalized spacial score (nSPS) is 31.3. The fourth-order valence-corrected chi connectivity index (χ4v) is 7.99. The number of imidazole rings is 2. The molecule has 0 radical (unpaired) electrons. The summed E-state index contributed by atoms with van der Waals surface area (Å²) < 4.78 is 50.7. The maximum atomic E-state index is 16.1. The van der Waals surface area contributed by atoms with E-state index >= 15 is 8.78 Å². The average molecular weight is 648 g/mol. The number of ether oxygens (including phenoxy) is 1. The smallest absolute Gasteiger partial charge is 0.326 e. The van der Waals surface area contributed by atoms with Crippen LogP contribution in [0, 0.1) is 0 Å². The van der Waals surface area contributed by atoms with Gasteiger partial charge in [0.25, 0.3) is 5.56 Å². The number of aliphatic hydroxyl groups excluding tert-OH is 2. The summed E-state index contributed by atoms with van der Waals surface area (Å²) >= 11 is 6.16. The molecule has 0 bridgehead atoms. The fourth-order valence-electron chi connectivity index (χ4n) is 4.99. The molecular formula is C21H24F2N9O7PS2. The van der Waals surface area contributed by atoms with Crippen molar-refractivity contribution in [3.63, 3.8) is 0 Å². The number of nitrogen functional groups attached to an aromatic ring is 2. The number of fused-ring (bicyclic) bond motifs is 2. The third-order valence-electron chi connectivity index (χ3n) is 7.12. The van der Waals surface area contributed by atoms with E-state index in [1.807, 2.05) is 0 Å². The molecule has 2 fully saturated rings. The van der Waals surface area contributed by atoms with Crippen LogP contribution < -0.4 is 17.0 Å². The minimum absolute atomic E-state index is 0.0751. The highest BCUT2D eigenvalue weighted by atomic mass is 32.5. The first-order valence-electron chi connectivity index (χ1n) is 12.2. The van der Waals surface area contributed by atoms with Crippen LogP contribution in [0.15, 0.2) is 29.7 Å². The van der Waals surface area contributed by atoms with E-state index in [1.165, 1.54) is 12.3 Å². The van der Waals surface area contributed by atoms with E-state index in [4.69, 9.17) is 37.1 Å². The van der Waals surface area contributed by atoms with Gasteiger partial charge in [0.2, 0.25) is 11.7 Å². The van der Waals surface area contributed by atoms with Gasteiger partial charge in [0.05, 0.1) is 36.8 Å². The molecule has 1 unspecified atom stereocenters. The molecule has 2 aliphatic heterocycles. The number of H-pyrrole nitrogens is 1. The third kappa shape index (κ3) is 4.57. The summed E-state index contributed by atoms with van der Waals surface area (Å²) in [6.45, 7) is -6.27. The molecule has 226 valence electrons. The predicted octanol–water partition coefficient (Wildman–Crippen LogP) is -0.541. The highest BCUT2D eigenvalue weighted by Crippen LogP contribution is 2.56. The van der Waals surface area contributed by atoms with Crippen molar-refractivity contribution in [3.05, 3.63) is 35.3 Å². The summed E-state index contributed by atoms with van der Waals surface area (Å²) in [7, 11) is 0. The van der Waals surface area contributed by atoms with Gasteiger partial charge in [-0.25, -0.2) is 23.7 Å². The van der Waals surface area contributed by atoms with Gasteiger partial charge in [0.1, 0.15) is 24.3 Å². The van der Waals surface area contributed by atoms with Crippen LogP contribution in [-0.4, -0.2) is 98.4 Å². The topological polar surface area (TPSA) is 235 Å². The molecule has 0 saturated carbocycles.